The molecular formula is C26H26ClN3O2. The van der Waals surface area contributed by atoms with Crippen molar-refractivity contribution in [3.05, 3.63) is 101 Å². The molecule has 0 saturated carbocycles. The van der Waals surface area contributed by atoms with E-state index in [1.807, 2.05) is 71.6 Å². The zero-order chi connectivity index (χ0) is 22.3. The quantitative estimate of drug-likeness (QED) is 0.602. The molecule has 164 valence electrons. The van der Waals surface area contributed by atoms with Crippen LogP contribution >= 0.6 is 11.6 Å². The summed E-state index contributed by atoms with van der Waals surface area (Å²) in [5.74, 6) is -0.0872. The highest BCUT2D eigenvalue weighted by molar-refractivity contribution is 6.30. The summed E-state index contributed by atoms with van der Waals surface area (Å²) in [6, 6.07) is 24.3. The Kier molecular flexibility index (Phi) is 7.20. The molecule has 1 N–H and O–H groups in total. The molecule has 0 unspecified atom stereocenters. The van der Waals surface area contributed by atoms with Crippen LogP contribution in [0.25, 0.3) is 0 Å². The topological polar surface area (TPSA) is 52.7 Å². The normalized spacial score (nSPS) is 14.6. The van der Waals surface area contributed by atoms with E-state index in [2.05, 4.69) is 10.2 Å². The van der Waals surface area contributed by atoms with E-state index in [4.69, 9.17) is 11.6 Å². The monoisotopic (exact) mass is 447 g/mol. The Morgan fingerprint density at radius 3 is 2.34 bits per heavy atom. The molecule has 0 spiro atoms. The van der Waals surface area contributed by atoms with E-state index >= 15 is 0 Å². The van der Waals surface area contributed by atoms with Gasteiger partial charge in [0.2, 0.25) is 0 Å². The highest BCUT2D eigenvalue weighted by atomic mass is 35.5. The van der Waals surface area contributed by atoms with Crippen molar-refractivity contribution < 1.29 is 9.59 Å². The second-order valence-electron chi connectivity index (χ2n) is 7.95. The van der Waals surface area contributed by atoms with E-state index in [1.54, 1.807) is 12.1 Å². The highest BCUT2D eigenvalue weighted by Gasteiger charge is 2.20. The molecule has 6 heteroatoms. The number of rotatable bonds is 5. The average Bonchev–Trinajstić information content (AvgIpc) is 3.05. The lowest BCUT2D eigenvalue weighted by Crippen LogP contribution is -2.35. The molecule has 0 atom stereocenters. The predicted molar refractivity (Wildman–Crippen MR) is 128 cm³/mol. The van der Waals surface area contributed by atoms with Gasteiger partial charge in [-0.15, -0.1) is 0 Å². The molecule has 1 saturated heterocycles. The first kappa shape index (κ1) is 22.1. The summed E-state index contributed by atoms with van der Waals surface area (Å²) in [5, 5.41) is 3.48. The van der Waals surface area contributed by atoms with Crippen LogP contribution in [0.2, 0.25) is 5.02 Å². The molecule has 1 aliphatic heterocycles. The Balaban J connectivity index is 1.31. The van der Waals surface area contributed by atoms with Crippen LogP contribution in [-0.4, -0.2) is 47.8 Å². The molecule has 0 aliphatic carbocycles. The van der Waals surface area contributed by atoms with E-state index in [-0.39, 0.29) is 11.8 Å². The summed E-state index contributed by atoms with van der Waals surface area (Å²) in [6.45, 7) is 3.95. The number of hydrogen-bond acceptors (Lipinski definition) is 3. The first-order chi connectivity index (χ1) is 15.6. The van der Waals surface area contributed by atoms with Crippen molar-refractivity contribution in [2.24, 2.45) is 0 Å². The standard InChI is InChI=1S/C26H26ClN3O2/c27-23-7-4-6-22(18-23)26(32)30-15-5-14-29(16-17-30)19-20-10-12-21(13-11-20)25(31)28-24-8-2-1-3-9-24/h1-4,6-13,18H,5,14-17,19H2,(H,28,31). The summed E-state index contributed by atoms with van der Waals surface area (Å²) in [7, 11) is 0. The highest BCUT2D eigenvalue weighted by Crippen LogP contribution is 2.16. The fraction of sp³-hybridized carbons (Fsp3) is 0.231. The van der Waals surface area contributed by atoms with Crippen molar-refractivity contribution in [3.63, 3.8) is 0 Å². The smallest absolute Gasteiger partial charge is 0.255 e. The van der Waals surface area contributed by atoms with Gasteiger partial charge in [-0.3, -0.25) is 14.5 Å². The van der Waals surface area contributed by atoms with Crippen molar-refractivity contribution in [2.75, 3.05) is 31.5 Å². The minimum Gasteiger partial charge on any atom is -0.337 e. The van der Waals surface area contributed by atoms with Crippen LogP contribution in [0.3, 0.4) is 0 Å². The third-order valence-electron chi connectivity index (χ3n) is 5.60. The maximum Gasteiger partial charge on any atom is 0.255 e. The molecule has 1 aliphatic rings. The van der Waals surface area contributed by atoms with E-state index in [1.165, 1.54) is 0 Å². The van der Waals surface area contributed by atoms with E-state index in [0.29, 0.717) is 22.7 Å². The maximum atomic E-state index is 12.8. The minimum absolute atomic E-state index is 0.0307. The summed E-state index contributed by atoms with van der Waals surface area (Å²) in [4.78, 5) is 29.5. The lowest BCUT2D eigenvalue weighted by Gasteiger charge is -2.22. The molecule has 3 aromatic carbocycles. The van der Waals surface area contributed by atoms with Gasteiger partial charge in [-0.2, -0.15) is 0 Å². The van der Waals surface area contributed by atoms with E-state index in [0.717, 1.165) is 43.9 Å². The van der Waals surface area contributed by atoms with Gasteiger partial charge < -0.3 is 10.2 Å². The number of amides is 2. The Labute approximate surface area is 193 Å². The third-order valence-corrected chi connectivity index (χ3v) is 5.84. The van der Waals surface area contributed by atoms with E-state index < -0.39 is 0 Å². The van der Waals surface area contributed by atoms with Gasteiger partial charge in [0.05, 0.1) is 0 Å². The number of carbonyl (C=O) groups is 2. The Bertz CT molecular complexity index is 1070. The number of nitrogens with zero attached hydrogens (tertiary/aromatic N) is 2. The van der Waals surface area contributed by atoms with Crippen molar-refractivity contribution in [3.8, 4) is 0 Å². The van der Waals surface area contributed by atoms with Gasteiger partial charge in [0.25, 0.3) is 11.8 Å². The molecule has 4 rings (SSSR count). The average molecular weight is 448 g/mol. The van der Waals surface area contributed by atoms with E-state index in [9.17, 15) is 9.59 Å². The lowest BCUT2D eigenvalue weighted by molar-refractivity contribution is 0.0761. The van der Waals surface area contributed by atoms with Crippen molar-refractivity contribution >= 4 is 29.1 Å². The van der Waals surface area contributed by atoms with Crippen molar-refractivity contribution in [2.45, 2.75) is 13.0 Å². The first-order valence-electron chi connectivity index (χ1n) is 10.8. The number of hydrogen-bond donors (Lipinski definition) is 1. The van der Waals surface area contributed by atoms with Gasteiger partial charge in [-0.05, 0) is 54.4 Å². The van der Waals surface area contributed by atoms with Crippen LogP contribution in [0.5, 0.6) is 0 Å². The molecule has 1 fully saturated rings. The fourth-order valence-electron chi connectivity index (χ4n) is 3.88. The van der Waals surface area contributed by atoms with Crippen LogP contribution < -0.4 is 5.32 Å². The second-order valence-corrected chi connectivity index (χ2v) is 8.39. The molecule has 32 heavy (non-hydrogen) atoms. The van der Waals surface area contributed by atoms with Crippen LogP contribution in [0.15, 0.2) is 78.9 Å². The molecule has 1 heterocycles. The van der Waals surface area contributed by atoms with Gasteiger partial charge in [-0.25, -0.2) is 0 Å². The Morgan fingerprint density at radius 2 is 1.59 bits per heavy atom. The zero-order valence-corrected chi connectivity index (χ0v) is 18.6. The summed E-state index contributed by atoms with van der Waals surface area (Å²) in [6.07, 6.45) is 0.921. The Morgan fingerprint density at radius 1 is 0.812 bits per heavy atom. The van der Waals surface area contributed by atoms with Gasteiger partial charge >= 0.3 is 0 Å². The fourth-order valence-corrected chi connectivity index (χ4v) is 4.07. The molecular weight excluding hydrogens is 422 g/mol. The minimum atomic E-state index is -0.118. The van der Waals surface area contributed by atoms with Gasteiger partial charge in [0, 0.05) is 54.6 Å². The van der Waals surface area contributed by atoms with Gasteiger partial charge in [0.15, 0.2) is 0 Å². The molecule has 5 nitrogen and oxygen atoms in total. The molecule has 0 bridgehead atoms. The number of carbonyl (C=O) groups excluding carboxylic acids is 2. The predicted octanol–water partition coefficient (Wildman–Crippen LogP) is 4.94. The van der Waals surface area contributed by atoms with Crippen molar-refractivity contribution in [1.29, 1.82) is 0 Å². The largest absolute Gasteiger partial charge is 0.337 e. The van der Waals surface area contributed by atoms with Crippen LogP contribution in [0.1, 0.15) is 32.7 Å². The zero-order valence-electron chi connectivity index (χ0n) is 17.8. The van der Waals surface area contributed by atoms with Gasteiger partial charge in [-0.1, -0.05) is 48.0 Å². The number of nitrogens with one attached hydrogen (secondary N) is 1. The summed E-state index contributed by atoms with van der Waals surface area (Å²) < 4.78 is 0. The third kappa shape index (κ3) is 5.75. The van der Waals surface area contributed by atoms with Crippen LogP contribution in [0.4, 0.5) is 5.69 Å². The first-order valence-corrected chi connectivity index (χ1v) is 11.2. The van der Waals surface area contributed by atoms with Crippen LogP contribution in [0, 0.1) is 0 Å². The number of benzene rings is 3. The number of anilines is 1. The summed E-state index contributed by atoms with van der Waals surface area (Å²) in [5.41, 5.74) is 3.20. The SMILES string of the molecule is O=C(Nc1ccccc1)c1ccc(CN2CCCN(C(=O)c3cccc(Cl)c3)CC2)cc1. The van der Waals surface area contributed by atoms with Crippen LogP contribution in [-0.2, 0) is 6.54 Å². The molecule has 0 aromatic heterocycles. The molecule has 0 radical (unpaired) electrons. The molecule has 2 amide bonds. The lowest BCUT2D eigenvalue weighted by atomic mass is 10.1. The van der Waals surface area contributed by atoms with Crippen molar-refractivity contribution in [1.82, 2.24) is 9.80 Å². The second kappa shape index (κ2) is 10.4. The number of para-hydroxylation sites is 1. The summed E-state index contributed by atoms with van der Waals surface area (Å²) >= 11 is 6.04. The van der Waals surface area contributed by atoms with Gasteiger partial charge in [0.1, 0.15) is 0 Å². The maximum absolute atomic E-state index is 12.8. The molecule has 3 aromatic rings. The number of halogens is 1. The Hall–Kier alpha value is -3.15.